The van der Waals surface area contributed by atoms with Gasteiger partial charge < -0.3 is 11.1 Å². The van der Waals surface area contributed by atoms with Crippen LogP contribution in [0.3, 0.4) is 0 Å². The minimum atomic E-state index is -0.457. The Hall–Kier alpha value is -3.15. The van der Waals surface area contributed by atoms with Gasteiger partial charge in [0.15, 0.2) is 5.96 Å². The van der Waals surface area contributed by atoms with Crippen LogP contribution in [-0.2, 0) is 16.0 Å². The lowest BCUT2D eigenvalue weighted by Crippen LogP contribution is -2.39. The van der Waals surface area contributed by atoms with Crippen molar-refractivity contribution in [2.45, 2.75) is 19.3 Å². The number of nitrogens with two attached hydrogens (primary N) is 1. The van der Waals surface area contributed by atoms with Gasteiger partial charge in [-0.3, -0.25) is 20.3 Å². The van der Waals surface area contributed by atoms with Crippen LogP contribution in [0.2, 0.25) is 0 Å². The number of anilines is 1. The summed E-state index contributed by atoms with van der Waals surface area (Å²) in [6.45, 7) is 1.45. The molecule has 1 unspecified atom stereocenters. The highest BCUT2D eigenvalue weighted by Gasteiger charge is 2.21. The molecule has 0 bridgehead atoms. The second-order valence-corrected chi connectivity index (χ2v) is 5.45. The second kappa shape index (κ2) is 7.92. The monoisotopic (exact) mass is 324 g/mol. The summed E-state index contributed by atoms with van der Waals surface area (Å²) in [5.41, 5.74) is 7.77. The van der Waals surface area contributed by atoms with Crippen molar-refractivity contribution < 1.29 is 9.59 Å². The first-order chi connectivity index (χ1) is 11.5. The van der Waals surface area contributed by atoms with E-state index in [1.807, 2.05) is 42.5 Å². The van der Waals surface area contributed by atoms with Crippen molar-refractivity contribution in [1.82, 2.24) is 5.32 Å². The van der Waals surface area contributed by atoms with E-state index in [0.29, 0.717) is 12.1 Å². The molecule has 6 heteroatoms. The Morgan fingerprint density at radius 1 is 1.08 bits per heavy atom. The van der Waals surface area contributed by atoms with Crippen LogP contribution in [0.15, 0.2) is 54.6 Å². The van der Waals surface area contributed by atoms with Crippen LogP contribution in [-0.4, -0.2) is 17.8 Å². The maximum atomic E-state index is 12.4. The van der Waals surface area contributed by atoms with Crippen molar-refractivity contribution in [3.63, 3.8) is 0 Å². The Morgan fingerprint density at radius 2 is 1.71 bits per heavy atom. The molecule has 124 valence electrons. The number of carbonyl (C=O) groups excluding carboxylic acids is 2. The molecule has 0 aliphatic rings. The third-order valence-corrected chi connectivity index (χ3v) is 3.49. The van der Waals surface area contributed by atoms with Gasteiger partial charge in [-0.15, -0.1) is 0 Å². The van der Waals surface area contributed by atoms with E-state index in [1.165, 1.54) is 6.92 Å². The zero-order valence-electron chi connectivity index (χ0n) is 13.4. The Balaban J connectivity index is 2.20. The summed E-state index contributed by atoms with van der Waals surface area (Å²) < 4.78 is 0. The highest BCUT2D eigenvalue weighted by molar-refractivity contribution is 5.98. The predicted octanol–water partition coefficient (Wildman–Crippen LogP) is 1.98. The average molecular weight is 324 g/mol. The fourth-order valence-corrected chi connectivity index (χ4v) is 2.43. The van der Waals surface area contributed by atoms with Gasteiger partial charge in [0.2, 0.25) is 11.8 Å². The predicted molar refractivity (Wildman–Crippen MR) is 93.7 cm³/mol. The van der Waals surface area contributed by atoms with E-state index < -0.39 is 5.92 Å². The minimum absolute atomic E-state index is 0.134. The van der Waals surface area contributed by atoms with E-state index in [0.717, 1.165) is 11.1 Å². The van der Waals surface area contributed by atoms with Crippen LogP contribution in [0.4, 0.5) is 5.69 Å². The summed E-state index contributed by atoms with van der Waals surface area (Å²) in [5, 5.41) is 12.3. The highest BCUT2D eigenvalue weighted by atomic mass is 16.2. The number of carbonyl (C=O) groups is 2. The number of amides is 2. The first-order valence-corrected chi connectivity index (χ1v) is 7.52. The topological polar surface area (TPSA) is 108 Å². The van der Waals surface area contributed by atoms with Crippen molar-refractivity contribution in [2.24, 2.45) is 5.73 Å². The van der Waals surface area contributed by atoms with E-state index >= 15 is 0 Å². The molecule has 2 aromatic carbocycles. The number of benzene rings is 2. The first-order valence-electron chi connectivity index (χ1n) is 7.52. The first kappa shape index (κ1) is 17.2. The molecule has 0 aliphatic heterocycles. The van der Waals surface area contributed by atoms with Crippen molar-refractivity contribution in [3.8, 4) is 0 Å². The normalized spacial score (nSPS) is 11.4. The molecule has 0 spiro atoms. The molecular formula is C18H20N4O2. The molecule has 2 aromatic rings. The van der Waals surface area contributed by atoms with E-state index in [9.17, 15) is 9.59 Å². The SMILES string of the molecule is CC(=O)Nc1ccc(CC(C(=O)NC(=N)N)c2ccccc2)cc1. The fraction of sp³-hybridized carbons (Fsp3) is 0.167. The summed E-state index contributed by atoms with van der Waals surface area (Å²) in [6, 6.07) is 16.7. The molecule has 0 heterocycles. The number of hydrogen-bond donors (Lipinski definition) is 4. The molecule has 5 N–H and O–H groups in total. The molecular weight excluding hydrogens is 304 g/mol. The molecule has 0 aromatic heterocycles. The van der Waals surface area contributed by atoms with Gasteiger partial charge in [0.05, 0.1) is 5.92 Å². The zero-order valence-corrected chi connectivity index (χ0v) is 13.4. The van der Waals surface area contributed by atoms with Crippen molar-refractivity contribution in [2.75, 3.05) is 5.32 Å². The third kappa shape index (κ3) is 4.95. The van der Waals surface area contributed by atoms with Gasteiger partial charge in [-0.1, -0.05) is 42.5 Å². The van der Waals surface area contributed by atoms with Crippen LogP contribution in [0.5, 0.6) is 0 Å². The van der Waals surface area contributed by atoms with Crippen LogP contribution in [0.1, 0.15) is 24.0 Å². The average Bonchev–Trinajstić information content (AvgIpc) is 2.53. The maximum absolute atomic E-state index is 12.4. The van der Waals surface area contributed by atoms with Crippen LogP contribution >= 0.6 is 0 Å². The quantitative estimate of drug-likeness (QED) is 0.499. The van der Waals surface area contributed by atoms with Gasteiger partial charge in [0.25, 0.3) is 0 Å². The maximum Gasteiger partial charge on any atom is 0.234 e. The van der Waals surface area contributed by atoms with Gasteiger partial charge in [0, 0.05) is 12.6 Å². The standard InChI is InChI=1S/C18H20N4O2/c1-12(23)21-15-9-7-13(8-10-15)11-16(17(24)22-18(19)20)14-5-3-2-4-6-14/h2-10,16H,11H2,1H3,(H,21,23)(H4,19,20,22,24). The molecule has 2 rings (SSSR count). The number of nitrogens with one attached hydrogen (secondary N) is 3. The van der Waals surface area contributed by atoms with Crippen molar-refractivity contribution >= 4 is 23.5 Å². The molecule has 1 atom stereocenters. The Kier molecular flexibility index (Phi) is 5.68. The number of hydrogen-bond acceptors (Lipinski definition) is 3. The molecule has 0 saturated heterocycles. The molecule has 0 radical (unpaired) electrons. The van der Waals surface area contributed by atoms with Crippen LogP contribution in [0, 0.1) is 5.41 Å². The van der Waals surface area contributed by atoms with Crippen LogP contribution in [0.25, 0.3) is 0 Å². The Bertz CT molecular complexity index is 726. The lowest BCUT2D eigenvalue weighted by molar-refractivity contribution is -0.121. The number of rotatable bonds is 5. The summed E-state index contributed by atoms with van der Waals surface area (Å²) in [6.07, 6.45) is 0.462. The smallest absolute Gasteiger partial charge is 0.234 e. The second-order valence-electron chi connectivity index (χ2n) is 5.45. The van der Waals surface area contributed by atoms with Gasteiger partial charge >= 0.3 is 0 Å². The van der Waals surface area contributed by atoms with E-state index in [1.54, 1.807) is 12.1 Å². The minimum Gasteiger partial charge on any atom is -0.370 e. The van der Waals surface area contributed by atoms with Gasteiger partial charge in [-0.05, 0) is 29.7 Å². The summed E-state index contributed by atoms with van der Waals surface area (Å²) >= 11 is 0. The Morgan fingerprint density at radius 3 is 2.25 bits per heavy atom. The van der Waals surface area contributed by atoms with Crippen molar-refractivity contribution in [1.29, 1.82) is 5.41 Å². The zero-order chi connectivity index (χ0) is 17.5. The fourth-order valence-electron chi connectivity index (χ4n) is 2.43. The number of guanidine groups is 1. The van der Waals surface area contributed by atoms with E-state index in [2.05, 4.69) is 10.6 Å². The summed E-state index contributed by atoms with van der Waals surface area (Å²) in [7, 11) is 0. The molecule has 2 amide bonds. The van der Waals surface area contributed by atoms with E-state index in [-0.39, 0.29) is 17.8 Å². The Labute approximate surface area is 140 Å². The van der Waals surface area contributed by atoms with E-state index in [4.69, 9.17) is 11.1 Å². The summed E-state index contributed by atoms with van der Waals surface area (Å²) in [5.74, 6) is -1.28. The van der Waals surface area contributed by atoms with Gasteiger partial charge in [-0.25, -0.2) is 0 Å². The largest absolute Gasteiger partial charge is 0.370 e. The molecule has 24 heavy (non-hydrogen) atoms. The lowest BCUT2D eigenvalue weighted by Gasteiger charge is -2.17. The van der Waals surface area contributed by atoms with Crippen LogP contribution < -0.4 is 16.4 Å². The highest BCUT2D eigenvalue weighted by Crippen LogP contribution is 2.22. The van der Waals surface area contributed by atoms with Gasteiger partial charge in [-0.2, -0.15) is 0 Å². The summed E-state index contributed by atoms with van der Waals surface area (Å²) in [4.78, 5) is 23.4. The molecule has 0 saturated carbocycles. The lowest BCUT2D eigenvalue weighted by atomic mass is 9.91. The molecule has 0 aliphatic carbocycles. The molecule has 0 fully saturated rings. The third-order valence-electron chi connectivity index (χ3n) is 3.49. The van der Waals surface area contributed by atoms with Crippen molar-refractivity contribution in [3.05, 3.63) is 65.7 Å². The molecule has 6 nitrogen and oxygen atoms in total. The van der Waals surface area contributed by atoms with Gasteiger partial charge in [0.1, 0.15) is 0 Å².